The highest BCUT2D eigenvalue weighted by Crippen LogP contribution is 2.29. The second-order valence-electron chi connectivity index (χ2n) is 9.33. The Hall–Kier alpha value is -1.82. The average Bonchev–Trinajstić information content (AvgIpc) is 3.36. The number of aliphatic imine (C=N–C) groups is 1. The van der Waals surface area contributed by atoms with E-state index >= 15 is 0 Å². The highest BCUT2D eigenvalue weighted by molar-refractivity contribution is 7.13. The molecule has 1 saturated heterocycles. The van der Waals surface area contributed by atoms with Gasteiger partial charge in [0, 0.05) is 61.1 Å². The molecule has 0 aromatic carbocycles. The summed E-state index contributed by atoms with van der Waals surface area (Å²) in [5, 5.41) is 1.30. The van der Waals surface area contributed by atoms with Crippen molar-refractivity contribution in [2.75, 3.05) is 32.8 Å². The molecule has 35 heavy (non-hydrogen) atoms. The van der Waals surface area contributed by atoms with Gasteiger partial charge in [0.25, 0.3) is 17.0 Å². The maximum atomic E-state index is 13.0. The minimum absolute atomic E-state index is 0.137. The Bertz CT molecular complexity index is 987. The van der Waals surface area contributed by atoms with Gasteiger partial charge in [-0.3, -0.25) is 4.79 Å². The lowest BCUT2D eigenvalue weighted by Gasteiger charge is -2.29. The minimum atomic E-state index is -2.85. The van der Waals surface area contributed by atoms with Crippen molar-refractivity contribution in [1.29, 1.82) is 0 Å². The molecule has 0 spiro atoms. The normalized spacial score (nSPS) is 21.7. The lowest BCUT2D eigenvalue weighted by atomic mass is 9.98. The van der Waals surface area contributed by atoms with Gasteiger partial charge in [-0.1, -0.05) is 11.3 Å². The fourth-order valence-corrected chi connectivity index (χ4v) is 5.96. The van der Waals surface area contributed by atoms with Crippen LogP contribution in [-0.4, -0.2) is 71.9 Å². The van der Waals surface area contributed by atoms with Crippen molar-refractivity contribution in [2.24, 2.45) is 10.9 Å². The van der Waals surface area contributed by atoms with E-state index in [-0.39, 0.29) is 17.9 Å². The number of carbonyl (C=O) groups excluding carboxylic acids is 1. The second-order valence-corrected chi connectivity index (χ2v) is 11.7. The number of halogens is 2. The predicted molar refractivity (Wildman–Crippen MR) is 133 cm³/mol. The number of thiazole rings is 2. The summed E-state index contributed by atoms with van der Waals surface area (Å²) in [4.78, 5) is 29.3. The van der Waals surface area contributed by atoms with Gasteiger partial charge in [-0.2, -0.15) is 0 Å². The van der Waals surface area contributed by atoms with E-state index in [0.717, 1.165) is 79.1 Å². The third-order valence-electron chi connectivity index (χ3n) is 6.12. The van der Waals surface area contributed by atoms with Crippen molar-refractivity contribution >= 4 is 34.8 Å². The number of aryl methyl sites for hydroxylation is 1. The van der Waals surface area contributed by atoms with Gasteiger partial charge >= 0.3 is 0 Å². The zero-order valence-corrected chi connectivity index (χ0v) is 21.8. The molecule has 0 aliphatic carbocycles. The molecule has 1 fully saturated rings. The van der Waals surface area contributed by atoms with Crippen LogP contribution in [0.15, 0.2) is 11.2 Å². The van der Waals surface area contributed by atoms with Crippen molar-refractivity contribution in [3.8, 4) is 5.19 Å². The van der Waals surface area contributed by atoms with Crippen molar-refractivity contribution in [2.45, 2.75) is 64.4 Å². The molecule has 0 radical (unpaired) electrons. The fraction of sp³-hybridized carbons (Fsp3) is 0.667. The zero-order valence-electron chi connectivity index (χ0n) is 20.2. The molecular weight excluding hydrogens is 494 g/mol. The number of fused-ring (bicyclic) bond motifs is 1. The van der Waals surface area contributed by atoms with Gasteiger partial charge in [0.1, 0.15) is 0 Å². The summed E-state index contributed by atoms with van der Waals surface area (Å²) in [5.74, 6) is -2.81. The third-order valence-corrected chi connectivity index (χ3v) is 8.11. The van der Waals surface area contributed by atoms with Gasteiger partial charge in [-0.05, 0) is 32.6 Å². The maximum Gasteiger partial charge on any atom is 0.278 e. The van der Waals surface area contributed by atoms with Crippen LogP contribution in [-0.2, 0) is 28.8 Å². The van der Waals surface area contributed by atoms with Gasteiger partial charge in [0.05, 0.1) is 29.8 Å². The molecule has 2 aliphatic heterocycles. The number of hydrogen-bond acceptors (Lipinski definition) is 8. The molecular formula is C24H32F2N4O3S2. The summed E-state index contributed by atoms with van der Waals surface area (Å²) < 4.78 is 37.3. The summed E-state index contributed by atoms with van der Waals surface area (Å²) in [5.41, 5.74) is 0.975. The molecule has 2 aromatic rings. The van der Waals surface area contributed by atoms with Crippen LogP contribution in [0.2, 0.25) is 0 Å². The van der Waals surface area contributed by atoms with E-state index in [2.05, 4.69) is 19.9 Å². The van der Waals surface area contributed by atoms with Crippen molar-refractivity contribution in [1.82, 2.24) is 14.9 Å². The van der Waals surface area contributed by atoms with Gasteiger partial charge in [0.15, 0.2) is 6.61 Å². The van der Waals surface area contributed by atoms with Crippen molar-refractivity contribution in [3.63, 3.8) is 0 Å². The van der Waals surface area contributed by atoms with Gasteiger partial charge < -0.3 is 14.4 Å². The summed E-state index contributed by atoms with van der Waals surface area (Å²) in [7, 11) is 0. The summed E-state index contributed by atoms with van der Waals surface area (Å²) in [6, 6.07) is 0. The van der Waals surface area contributed by atoms with E-state index in [1.54, 1.807) is 12.4 Å². The molecule has 0 bridgehead atoms. The molecule has 0 N–H and O–H groups in total. The van der Waals surface area contributed by atoms with Crippen molar-refractivity contribution < 1.29 is 23.0 Å². The molecule has 4 rings (SSSR count). The first-order valence-corrected chi connectivity index (χ1v) is 13.7. The predicted octanol–water partition coefficient (Wildman–Crippen LogP) is 4.37. The first-order valence-electron chi connectivity index (χ1n) is 12.0. The Labute approximate surface area is 212 Å². The Balaban J connectivity index is 1.13. The van der Waals surface area contributed by atoms with Crippen LogP contribution < -0.4 is 4.74 Å². The highest BCUT2D eigenvalue weighted by Gasteiger charge is 2.25. The van der Waals surface area contributed by atoms with E-state index in [9.17, 15) is 13.6 Å². The van der Waals surface area contributed by atoms with Crippen LogP contribution in [0.5, 0.6) is 5.19 Å². The number of nitrogens with zero attached hydrogens (tertiary/aromatic N) is 4. The summed E-state index contributed by atoms with van der Waals surface area (Å²) >= 11 is 2.92. The largest absolute Gasteiger partial charge is 0.464 e. The number of amides is 1. The molecule has 2 atom stereocenters. The summed E-state index contributed by atoms with van der Waals surface area (Å²) in [6.45, 7) is 5.50. The van der Waals surface area contributed by atoms with E-state index < -0.39 is 12.5 Å². The fourth-order valence-electron chi connectivity index (χ4n) is 4.23. The average molecular weight is 527 g/mol. The van der Waals surface area contributed by atoms with Gasteiger partial charge in [-0.15, -0.1) is 11.3 Å². The second kappa shape index (κ2) is 11.9. The van der Waals surface area contributed by atoms with E-state index in [1.165, 1.54) is 22.7 Å². The number of rotatable bonds is 9. The Kier molecular flexibility index (Phi) is 8.96. The quantitative estimate of drug-likeness (QED) is 0.452. The van der Waals surface area contributed by atoms with Crippen molar-refractivity contribution in [3.05, 3.63) is 26.7 Å². The molecule has 11 heteroatoms. The molecule has 192 valence electrons. The molecule has 2 aromatic heterocycles. The SMILES string of the molecule is Cc1ncc(CC(=O)N=CC2CC[C@H](CCN3CCc4nc(OCC(C)(F)F)sc4CC3)OC2)s1. The van der Waals surface area contributed by atoms with Gasteiger partial charge in [-0.25, -0.2) is 23.7 Å². The minimum Gasteiger partial charge on any atom is -0.464 e. The molecule has 2 aliphatic rings. The summed E-state index contributed by atoms with van der Waals surface area (Å²) in [6.07, 6.45) is 8.59. The first-order chi connectivity index (χ1) is 16.7. The molecule has 1 unspecified atom stereocenters. The van der Waals surface area contributed by atoms with E-state index in [0.29, 0.717) is 18.2 Å². The van der Waals surface area contributed by atoms with E-state index in [4.69, 9.17) is 9.47 Å². The van der Waals surface area contributed by atoms with Gasteiger partial charge in [0.2, 0.25) is 0 Å². The number of aromatic nitrogens is 2. The number of hydrogen-bond donors (Lipinski definition) is 0. The Morgan fingerprint density at radius 1 is 1.34 bits per heavy atom. The van der Waals surface area contributed by atoms with Crippen LogP contribution in [0, 0.1) is 12.8 Å². The Morgan fingerprint density at radius 2 is 2.17 bits per heavy atom. The lowest BCUT2D eigenvalue weighted by Crippen LogP contribution is -2.33. The lowest BCUT2D eigenvalue weighted by molar-refractivity contribution is -0.117. The maximum absolute atomic E-state index is 13.0. The van der Waals surface area contributed by atoms with Crippen LogP contribution in [0.1, 0.15) is 46.6 Å². The van der Waals surface area contributed by atoms with E-state index in [1.807, 2.05) is 6.92 Å². The number of ether oxygens (including phenoxy) is 2. The Morgan fingerprint density at radius 3 is 2.89 bits per heavy atom. The number of alkyl halides is 2. The standard InChI is InChI=1S/C24H32F2N4O3S2/c1-16-27-13-19(34-16)11-22(31)28-12-17-3-4-18(32-14-17)5-8-30-9-6-20-21(7-10-30)35-23(29-20)33-15-24(2,25)26/h12-13,17-18H,3-11,14-15H2,1-2H3/t17?,18-/m1/s1. The highest BCUT2D eigenvalue weighted by atomic mass is 32.1. The monoisotopic (exact) mass is 526 g/mol. The van der Waals surface area contributed by atoms with Crippen LogP contribution in [0.25, 0.3) is 0 Å². The smallest absolute Gasteiger partial charge is 0.278 e. The first kappa shape index (κ1) is 26.2. The third kappa shape index (κ3) is 8.37. The number of carbonyl (C=O) groups is 1. The molecule has 4 heterocycles. The van der Waals surface area contributed by atoms with Crippen LogP contribution in [0.4, 0.5) is 8.78 Å². The topological polar surface area (TPSA) is 76.9 Å². The molecule has 1 amide bonds. The zero-order chi connectivity index (χ0) is 24.8. The van der Waals surface area contributed by atoms with Crippen LogP contribution >= 0.6 is 22.7 Å². The molecule has 0 saturated carbocycles. The van der Waals surface area contributed by atoms with Crippen LogP contribution in [0.3, 0.4) is 0 Å². The molecule has 7 nitrogen and oxygen atoms in total.